The van der Waals surface area contributed by atoms with Gasteiger partial charge in [-0.05, 0) is 63.8 Å². The van der Waals surface area contributed by atoms with E-state index >= 15 is 0 Å². The van der Waals surface area contributed by atoms with Gasteiger partial charge in [-0.15, -0.1) is 0 Å². The Labute approximate surface area is 219 Å². The SMILES string of the molecule is CC=C(C)C.Cc1ccc(/C=C/c2ccc(/C=C/c3ccccc3)cc2)cc1.Cc1cccc(C)c1. The van der Waals surface area contributed by atoms with E-state index in [-0.39, 0.29) is 0 Å². The Balaban J connectivity index is 0.000000288. The molecule has 0 N–H and O–H groups in total. The van der Waals surface area contributed by atoms with Crippen LogP contribution in [0.3, 0.4) is 0 Å². The maximum atomic E-state index is 2.17. The van der Waals surface area contributed by atoms with E-state index in [0.29, 0.717) is 0 Å². The van der Waals surface area contributed by atoms with Crippen LogP contribution in [-0.4, -0.2) is 0 Å². The molecular weight excluding hydrogens is 432 g/mol. The quantitative estimate of drug-likeness (QED) is 0.205. The molecule has 0 heteroatoms. The standard InChI is InChI=1S/C23H20.C8H10.C5H10/c1-19-7-9-21(10-8-19)13-14-23-17-15-22(16-18-23)12-11-20-5-3-2-4-6-20;1-7-4-3-5-8(2)6-7;1-4-5(2)3/h2-18H,1H3;3-6H,1-2H3;4H,1-3H3/b12-11+,14-13+;;. The van der Waals surface area contributed by atoms with Gasteiger partial charge in [0.1, 0.15) is 0 Å². The summed E-state index contributed by atoms with van der Waals surface area (Å²) in [4.78, 5) is 0. The normalized spacial score (nSPS) is 10.3. The van der Waals surface area contributed by atoms with E-state index in [1.54, 1.807) is 0 Å². The minimum atomic E-state index is 1.21. The third-order valence-corrected chi connectivity index (χ3v) is 5.50. The first-order valence-electron chi connectivity index (χ1n) is 12.6. The van der Waals surface area contributed by atoms with Gasteiger partial charge < -0.3 is 0 Å². The number of hydrogen-bond donors (Lipinski definition) is 0. The zero-order valence-electron chi connectivity index (χ0n) is 22.7. The molecule has 0 aliphatic carbocycles. The molecule has 0 aliphatic rings. The van der Waals surface area contributed by atoms with Gasteiger partial charge in [0.2, 0.25) is 0 Å². The molecule has 0 bridgehead atoms. The predicted octanol–water partition coefficient (Wildman–Crippen LogP) is 10.6. The molecule has 0 nitrogen and oxygen atoms in total. The summed E-state index contributed by atoms with van der Waals surface area (Å²) in [6.07, 6.45) is 10.7. The van der Waals surface area contributed by atoms with Crippen molar-refractivity contribution in [1.29, 1.82) is 0 Å². The van der Waals surface area contributed by atoms with Crippen LogP contribution in [0.5, 0.6) is 0 Å². The van der Waals surface area contributed by atoms with E-state index in [2.05, 4.69) is 162 Å². The van der Waals surface area contributed by atoms with Gasteiger partial charge in [-0.1, -0.05) is 156 Å². The summed E-state index contributed by atoms with van der Waals surface area (Å²) >= 11 is 0. The van der Waals surface area contributed by atoms with Crippen molar-refractivity contribution in [3.63, 3.8) is 0 Å². The van der Waals surface area contributed by atoms with Gasteiger partial charge in [-0.2, -0.15) is 0 Å². The zero-order valence-corrected chi connectivity index (χ0v) is 22.7. The monoisotopic (exact) mass is 472 g/mol. The molecule has 0 saturated carbocycles. The summed E-state index contributed by atoms with van der Waals surface area (Å²) < 4.78 is 0. The summed E-state index contributed by atoms with van der Waals surface area (Å²) in [6.45, 7) is 12.5. The van der Waals surface area contributed by atoms with E-state index in [1.807, 2.05) is 13.0 Å². The van der Waals surface area contributed by atoms with E-state index in [1.165, 1.54) is 44.5 Å². The predicted molar refractivity (Wildman–Crippen MR) is 163 cm³/mol. The average Bonchev–Trinajstić information content (AvgIpc) is 2.89. The van der Waals surface area contributed by atoms with Crippen molar-refractivity contribution in [3.8, 4) is 0 Å². The van der Waals surface area contributed by atoms with E-state index in [4.69, 9.17) is 0 Å². The molecule has 36 heavy (non-hydrogen) atoms. The molecule has 4 rings (SSSR count). The summed E-state index contributed by atoms with van der Waals surface area (Å²) in [5.41, 5.74) is 10.2. The summed E-state index contributed by atoms with van der Waals surface area (Å²) in [5.74, 6) is 0. The Morgan fingerprint density at radius 2 is 0.806 bits per heavy atom. The van der Waals surface area contributed by atoms with Crippen LogP contribution in [0.1, 0.15) is 59.7 Å². The number of allylic oxidation sites excluding steroid dienone is 2. The van der Waals surface area contributed by atoms with Crippen LogP contribution in [0.4, 0.5) is 0 Å². The van der Waals surface area contributed by atoms with Crippen molar-refractivity contribution < 1.29 is 0 Å². The maximum absolute atomic E-state index is 2.17. The fourth-order valence-electron chi connectivity index (χ4n) is 3.15. The van der Waals surface area contributed by atoms with Gasteiger partial charge in [0.15, 0.2) is 0 Å². The van der Waals surface area contributed by atoms with Gasteiger partial charge in [-0.25, -0.2) is 0 Å². The molecule has 0 aromatic heterocycles. The van der Waals surface area contributed by atoms with Crippen molar-refractivity contribution in [2.45, 2.75) is 41.5 Å². The Morgan fingerprint density at radius 1 is 0.444 bits per heavy atom. The van der Waals surface area contributed by atoms with Gasteiger partial charge >= 0.3 is 0 Å². The Hall–Kier alpha value is -3.90. The second-order valence-electron chi connectivity index (χ2n) is 9.18. The van der Waals surface area contributed by atoms with Gasteiger partial charge in [0.05, 0.1) is 0 Å². The van der Waals surface area contributed by atoms with E-state index < -0.39 is 0 Å². The molecule has 0 heterocycles. The van der Waals surface area contributed by atoms with Gasteiger partial charge in [0.25, 0.3) is 0 Å². The Kier molecular flexibility index (Phi) is 12.5. The molecule has 184 valence electrons. The van der Waals surface area contributed by atoms with Crippen molar-refractivity contribution in [1.82, 2.24) is 0 Å². The lowest BCUT2D eigenvalue weighted by molar-refractivity contribution is 1.36. The van der Waals surface area contributed by atoms with Crippen LogP contribution in [0.25, 0.3) is 24.3 Å². The third kappa shape index (κ3) is 12.0. The van der Waals surface area contributed by atoms with Crippen LogP contribution in [0.2, 0.25) is 0 Å². The molecule has 0 spiro atoms. The summed E-state index contributed by atoms with van der Waals surface area (Å²) in [6, 6.07) is 36.0. The van der Waals surface area contributed by atoms with Crippen LogP contribution >= 0.6 is 0 Å². The largest absolute Gasteiger partial charge is 0.0890 e. The molecule has 0 amide bonds. The molecule has 0 aliphatic heterocycles. The smallest absolute Gasteiger partial charge is 0.0256 e. The van der Waals surface area contributed by atoms with Crippen molar-refractivity contribution in [3.05, 3.63) is 154 Å². The lowest BCUT2D eigenvalue weighted by Crippen LogP contribution is -1.76. The average molecular weight is 473 g/mol. The Bertz CT molecular complexity index is 1210. The number of benzene rings is 4. The highest BCUT2D eigenvalue weighted by Crippen LogP contribution is 2.13. The number of aryl methyl sites for hydroxylation is 3. The maximum Gasteiger partial charge on any atom is -0.0256 e. The summed E-state index contributed by atoms with van der Waals surface area (Å²) in [7, 11) is 0. The van der Waals surface area contributed by atoms with Crippen molar-refractivity contribution >= 4 is 24.3 Å². The highest BCUT2D eigenvalue weighted by molar-refractivity contribution is 5.73. The lowest BCUT2D eigenvalue weighted by Gasteiger charge is -1.98. The minimum absolute atomic E-state index is 1.21. The fourth-order valence-corrected chi connectivity index (χ4v) is 3.15. The zero-order chi connectivity index (χ0) is 26.2. The minimum Gasteiger partial charge on any atom is -0.0890 e. The highest BCUT2D eigenvalue weighted by Gasteiger charge is 1.91. The first-order chi connectivity index (χ1) is 17.4. The molecule has 0 radical (unpaired) electrons. The number of hydrogen-bond acceptors (Lipinski definition) is 0. The van der Waals surface area contributed by atoms with Crippen LogP contribution in [-0.2, 0) is 0 Å². The van der Waals surface area contributed by atoms with Crippen LogP contribution < -0.4 is 0 Å². The van der Waals surface area contributed by atoms with Crippen LogP contribution in [0, 0.1) is 20.8 Å². The molecule has 0 saturated heterocycles. The van der Waals surface area contributed by atoms with Gasteiger partial charge in [0, 0.05) is 0 Å². The molecule has 0 unspecified atom stereocenters. The molecule has 4 aromatic rings. The van der Waals surface area contributed by atoms with E-state index in [0.717, 1.165) is 0 Å². The molecule has 0 fully saturated rings. The topological polar surface area (TPSA) is 0 Å². The second-order valence-corrected chi connectivity index (χ2v) is 9.18. The second kappa shape index (κ2) is 15.9. The van der Waals surface area contributed by atoms with Crippen molar-refractivity contribution in [2.75, 3.05) is 0 Å². The molecule has 0 atom stereocenters. The first-order valence-corrected chi connectivity index (χ1v) is 12.6. The van der Waals surface area contributed by atoms with Crippen molar-refractivity contribution in [2.24, 2.45) is 0 Å². The third-order valence-electron chi connectivity index (χ3n) is 5.50. The lowest BCUT2D eigenvalue weighted by atomic mass is 10.1. The number of rotatable bonds is 4. The van der Waals surface area contributed by atoms with E-state index in [9.17, 15) is 0 Å². The first kappa shape index (κ1) is 28.3. The van der Waals surface area contributed by atoms with Crippen LogP contribution in [0.15, 0.2) is 115 Å². The summed E-state index contributed by atoms with van der Waals surface area (Å²) in [5, 5.41) is 0. The molecular formula is C36H40. The fraction of sp³-hybridized carbons (Fsp3) is 0.167. The van der Waals surface area contributed by atoms with Gasteiger partial charge in [-0.3, -0.25) is 0 Å². The Morgan fingerprint density at radius 3 is 1.14 bits per heavy atom. The molecule has 4 aromatic carbocycles. The highest BCUT2D eigenvalue weighted by atomic mass is 14.0.